The molecule has 174 valence electrons. The first-order chi connectivity index (χ1) is 16.3. The third-order valence-electron chi connectivity index (χ3n) is 5.98. The second-order valence-corrected chi connectivity index (χ2v) is 8.46. The van der Waals surface area contributed by atoms with Gasteiger partial charge in [0.15, 0.2) is 5.83 Å². The molecule has 34 heavy (non-hydrogen) atoms. The van der Waals surface area contributed by atoms with Crippen molar-refractivity contribution in [3.63, 3.8) is 0 Å². The molecule has 3 heterocycles. The molecule has 0 radical (unpaired) electrons. The van der Waals surface area contributed by atoms with E-state index in [1.54, 1.807) is 12.4 Å². The number of hydrogen-bond donors (Lipinski definition) is 0. The van der Waals surface area contributed by atoms with Gasteiger partial charge in [0.05, 0.1) is 12.0 Å². The maximum Gasteiger partial charge on any atom is 0.210 e. The minimum Gasteiger partial charge on any atom is -0.306 e. The monoisotopic (exact) mass is 467 g/mol. The SMILES string of the molecule is Cc1cn(-c2ccc(/C=C(\F)c3nc4n(n3)CCC[C@H]4c3c(F)cc(F)cc3F)cc2C)cn1. The van der Waals surface area contributed by atoms with E-state index in [2.05, 4.69) is 15.1 Å². The van der Waals surface area contributed by atoms with E-state index in [1.165, 1.54) is 10.8 Å². The van der Waals surface area contributed by atoms with Crippen LogP contribution in [0.25, 0.3) is 17.6 Å². The first-order valence-electron chi connectivity index (χ1n) is 10.9. The lowest BCUT2D eigenvalue weighted by atomic mass is 9.90. The summed E-state index contributed by atoms with van der Waals surface area (Å²) in [7, 11) is 0. The number of imidazole rings is 1. The molecule has 0 amide bonds. The molecule has 1 aliphatic heterocycles. The highest BCUT2D eigenvalue weighted by molar-refractivity contribution is 5.74. The predicted molar refractivity (Wildman–Crippen MR) is 119 cm³/mol. The Kier molecular flexibility index (Phi) is 5.55. The topological polar surface area (TPSA) is 48.5 Å². The summed E-state index contributed by atoms with van der Waals surface area (Å²) in [5, 5.41) is 4.22. The second kappa shape index (κ2) is 8.55. The number of aryl methyl sites for hydroxylation is 3. The molecule has 5 rings (SSSR count). The smallest absolute Gasteiger partial charge is 0.210 e. The number of halogens is 4. The zero-order valence-corrected chi connectivity index (χ0v) is 18.6. The molecule has 0 bridgehead atoms. The molecule has 2 aromatic carbocycles. The van der Waals surface area contributed by atoms with Crippen molar-refractivity contribution in [1.82, 2.24) is 24.3 Å². The Bertz CT molecular complexity index is 1400. The van der Waals surface area contributed by atoms with Gasteiger partial charge in [-0.25, -0.2) is 32.2 Å². The molecular weight excluding hydrogens is 446 g/mol. The first-order valence-corrected chi connectivity index (χ1v) is 10.9. The summed E-state index contributed by atoms with van der Waals surface area (Å²) < 4.78 is 60.7. The molecule has 0 saturated carbocycles. The number of rotatable bonds is 4. The summed E-state index contributed by atoms with van der Waals surface area (Å²) >= 11 is 0. The fourth-order valence-corrected chi connectivity index (χ4v) is 4.43. The van der Waals surface area contributed by atoms with Crippen LogP contribution in [0.5, 0.6) is 0 Å². The van der Waals surface area contributed by atoms with E-state index in [1.807, 2.05) is 36.7 Å². The van der Waals surface area contributed by atoms with Crippen LogP contribution in [-0.4, -0.2) is 24.3 Å². The molecule has 0 unspecified atom stereocenters. The van der Waals surface area contributed by atoms with Crippen molar-refractivity contribution in [1.29, 1.82) is 0 Å². The molecule has 4 aromatic rings. The van der Waals surface area contributed by atoms with Crippen molar-refractivity contribution in [2.75, 3.05) is 0 Å². The van der Waals surface area contributed by atoms with Crippen molar-refractivity contribution >= 4 is 11.9 Å². The Morgan fingerprint density at radius 3 is 2.53 bits per heavy atom. The lowest BCUT2D eigenvalue weighted by Gasteiger charge is -2.23. The van der Waals surface area contributed by atoms with Crippen LogP contribution in [0.3, 0.4) is 0 Å². The van der Waals surface area contributed by atoms with Gasteiger partial charge >= 0.3 is 0 Å². The molecule has 1 atom stereocenters. The van der Waals surface area contributed by atoms with Crippen LogP contribution in [0.4, 0.5) is 17.6 Å². The summed E-state index contributed by atoms with van der Waals surface area (Å²) in [6.45, 7) is 4.28. The van der Waals surface area contributed by atoms with Gasteiger partial charge in [0.2, 0.25) is 5.82 Å². The average molecular weight is 467 g/mol. The maximum atomic E-state index is 15.1. The van der Waals surface area contributed by atoms with Gasteiger partial charge in [-0.3, -0.25) is 0 Å². The Labute approximate surface area is 193 Å². The van der Waals surface area contributed by atoms with E-state index in [-0.39, 0.29) is 17.2 Å². The summed E-state index contributed by atoms with van der Waals surface area (Å²) in [6.07, 6.45) is 5.93. The molecule has 1 aliphatic rings. The first kappa shape index (κ1) is 22.1. The minimum atomic E-state index is -0.991. The van der Waals surface area contributed by atoms with Crippen LogP contribution in [0.2, 0.25) is 0 Å². The highest BCUT2D eigenvalue weighted by Crippen LogP contribution is 2.36. The summed E-state index contributed by atoms with van der Waals surface area (Å²) in [6, 6.07) is 6.78. The van der Waals surface area contributed by atoms with E-state index in [0.29, 0.717) is 37.1 Å². The van der Waals surface area contributed by atoms with E-state index in [9.17, 15) is 13.2 Å². The zero-order chi connectivity index (χ0) is 24.0. The second-order valence-electron chi connectivity index (χ2n) is 8.46. The average Bonchev–Trinajstić information content (AvgIpc) is 3.40. The van der Waals surface area contributed by atoms with E-state index in [0.717, 1.165) is 16.9 Å². The van der Waals surface area contributed by atoms with Crippen LogP contribution in [-0.2, 0) is 6.54 Å². The standard InChI is InChI=1S/C25H21F4N5/c1-14-8-16(5-6-22(14)33-12-15(2)30-13-33)9-21(29)24-31-25-18(4-3-7-34(25)32-24)23-19(27)10-17(26)11-20(23)28/h5-6,8-13,18H,3-4,7H2,1-2H3/b21-9-/t18-/m0/s1. The molecular formula is C25H21F4N5. The Morgan fingerprint density at radius 1 is 1.09 bits per heavy atom. The molecule has 0 spiro atoms. The fraction of sp³-hybridized carbons (Fsp3) is 0.240. The number of hydrogen-bond acceptors (Lipinski definition) is 3. The predicted octanol–water partition coefficient (Wildman–Crippen LogP) is 5.89. The van der Waals surface area contributed by atoms with Crippen molar-refractivity contribution in [3.8, 4) is 5.69 Å². The van der Waals surface area contributed by atoms with Gasteiger partial charge in [-0.05, 0) is 56.0 Å². The van der Waals surface area contributed by atoms with Crippen LogP contribution in [0, 0.1) is 31.3 Å². The molecule has 0 fully saturated rings. The molecule has 0 saturated heterocycles. The third kappa shape index (κ3) is 4.02. The van der Waals surface area contributed by atoms with Gasteiger partial charge in [-0.1, -0.05) is 6.07 Å². The Morgan fingerprint density at radius 2 is 1.85 bits per heavy atom. The Hall–Kier alpha value is -3.75. The van der Waals surface area contributed by atoms with Crippen molar-refractivity contribution in [2.24, 2.45) is 0 Å². The van der Waals surface area contributed by atoms with E-state index < -0.39 is 29.2 Å². The largest absolute Gasteiger partial charge is 0.306 e. The molecule has 0 N–H and O–H groups in total. The van der Waals surface area contributed by atoms with Gasteiger partial charge in [0.1, 0.15) is 23.3 Å². The van der Waals surface area contributed by atoms with Gasteiger partial charge < -0.3 is 4.57 Å². The summed E-state index contributed by atoms with van der Waals surface area (Å²) in [4.78, 5) is 8.49. The number of nitrogens with zero attached hydrogens (tertiary/aromatic N) is 5. The fourth-order valence-electron chi connectivity index (χ4n) is 4.43. The van der Waals surface area contributed by atoms with Gasteiger partial charge in [0.25, 0.3) is 0 Å². The highest BCUT2D eigenvalue weighted by Gasteiger charge is 2.31. The number of benzene rings is 2. The Balaban J connectivity index is 1.46. The summed E-state index contributed by atoms with van der Waals surface area (Å²) in [5.41, 5.74) is 3.10. The van der Waals surface area contributed by atoms with Crippen molar-refractivity contribution in [3.05, 3.63) is 94.3 Å². The maximum absolute atomic E-state index is 15.1. The zero-order valence-electron chi connectivity index (χ0n) is 18.6. The normalized spacial score (nSPS) is 16.1. The van der Waals surface area contributed by atoms with Crippen LogP contribution in [0.15, 0.2) is 42.9 Å². The lowest BCUT2D eigenvalue weighted by molar-refractivity contribution is 0.421. The lowest BCUT2D eigenvalue weighted by Crippen LogP contribution is -2.20. The van der Waals surface area contributed by atoms with Gasteiger partial charge in [-0.2, -0.15) is 0 Å². The quantitative estimate of drug-likeness (QED) is 0.352. The highest BCUT2D eigenvalue weighted by atomic mass is 19.1. The number of aromatic nitrogens is 5. The van der Waals surface area contributed by atoms with E-state index in [4.69, 9.17) is 0 Å². The van der Waals surface area contributed by atoms with Crippen LogP contribution >= 0.6 is 0 Å². The minimum absolute atomic E-state index is 0.156. The molecule has 2 aromatic heterocycles. The van der Waals surface area contributed by atoms with E-state index >= 15 is 4.39 Å². The molecule has 0 aliphatic carbocycles. The van der Waals surface area contributed by atoms with Crippen LogP contribution < -0.4 is 0 Å². The molecule has 5 nitrogen and oxygen atoms in total. The van der Waals surface area contributed by atoms with Crippen LogP contribution in [0.1, 0.15) is 52.8 Å². The van der Waals surface area contributed by atoms with Crippen molar-refractivity contribution < 1.29 is 17.6 Å². The van der Waals surface area contributed by atoms with Gasteiger partial charge in [0, 0.05) is 42.0 Å². The summed E-state index contributed by atoms with van der Waals surface area (Å²) in [5.74, 6) is -4.29. The van der Waals surface area contributed by atoms with Gasteiger partial charge in [-0.15, -0.1) is 5.10 Å². The number of fused-ring (bicyclic) bond motifs is 1. The van der Waals surface area contributed by atoms with Crippen molar-refractivity contribution in [2.45, 2.75) is 39.2 Å². The third-order valence-corrected chi connectivity index (χ3v) is 5.98. The molecule has 9 heteroatoms.